The van der Waals surface area contributed by atoms with Gasteiger partial charge in [0.15, 0.2) is 9.84 Å². The van der Waals surface area contributed by atoms with Crippen LogP contribution in [-0.4, -0.2) is 48.8 Å². The van der Waals surface area contributed by atoms with Gasteiger partial charge in [-0.1, -0.05) is 11.6 Å². The Kier molecular flexibility index (Phi) is 4.91. The number of halogens is 2. The zero-order chi connectivity index (χ0) is 18.0. The first-order valence-electron chi connectivity index (χ1n) is 7.52. The summed E-state index contributed by atoms with van der Waals surface area (Å²) in [5.41, 5.74) is 0.946. The summed E-state index contributed by atoms with van der Waals surface area (Å²) < 4.78 is 36.0. The minimum Gasteiger partial charge on any atom is -0.340 e. The summed E-state index contributed by atoms with van der Waals surface area (Å²) in [5, 5.41) is 2.96. The fourth-order valence-electron chi connectivity index (χ4n) is 2.41. The molecule has 1 N–H and O–H groups in total. The van der Waals surface area contributed by atoms with Crippen LogP contribution in [0, 0.1) is 5.82 Å². The molecule has 1 saturated heterocycles. The Morgan fingerprint density at radius 1 is 1.20 bits per heavy atom. The highest BCUT2D eigenvalue weighted by Crippen LogP contribution is 2.22. The molecule has 3 rings (SSSR count). The number of hydrogen-bond acceptors (Lipinski definition) is 5. The molecule has 1 fully saturated rings. The maximum absolute atomic E-state index is 13.1. The van der Waals surface area contributed by atoms with Gasteiger partial charge in [-0.3, -0.25) is 4.79 Å². The molecule has 0 atom stereocenters. The molecule has 0 unspecified atom stereocenters. The molecule has 0 bridgehead atoms. The number of rotatable bonds is 3. The second-order valence-corrected chi connectivity index (χ2v) is 8.34. The average Bonchev–Trinajstić information content (AvgIpc) is 2.58. The first kappa shape index (κ1) is 17.6. The van der Waals surface area contributed by atoms with Gasteiger partial charge in [-0.15, -0.1) is 0 Å². The molecule has 0 spiro atoms. The predicted octanol–water partition coefficient (Wildman–Crippen LogP) is 2.49. The molecule has 1 aromatic heterocycles. The molecule has 1 aliphatic rings. The van der Waals surface area contributed by atoms with Crippen molar-refractivity contribution in [2.24, 2.45) is 0 Å². The van der Waals surface area contributed by atoms with Crippen LogP contribution in [0.1, 0.15) is 10.4 Å². The fraction of sp³-hybridized carbons (Fsp3) is 0.250. The van der Waals surface area contributed by atoms with Crippen LogP contribution in [0.5, 0.6) is 0 Å². The van der Waals surface area contributed by atoms with Gasteiger partial charge in [0.1, 0.15) is 11.6 Å². The van der Waals surface area contributed by atoms with Crippen LogP contribution in [0.2, 0.25) is 5.02 Å². The molecular formula is C16H15ClFN3O3S. The lowest BCUT2D eigenvalue weighted by atomic mass is 10.2. The van der Waals surface area contributed by atoms with Crippen molar-refractivity contribution in [3.8, 4) is 0 Å². The highest BCUT2D eigenvalue weighted by Gasteiger charge is 2.25. The lowest BCUT2D eigenvalue weighted by Gasteiger charge is -2.26. The molecule has 1 aromatic carbocycles. The van der Waals surface area contributed by atoms with E-state index >= 15 is 0 Å². The molecule has 1 aliphatic heterocycles. The number of carbonyl (C=O) groups is 1. The number of carbonyl (C=O) groups excluding carboxylic acids is 1. The summed E-state index contributed by atoms with van der Waals surface area (Å²) in [4.78, 5) is 18.0. The molecule has 2 heterocycles. The summed E-state index contributed by atoms with van der Waals surface area (Å²) in [7, 11) is -3.04. The Morgan fingerprint density at radius 2 is 1.92 bits per heavy atom. The van der Waals surface area contributed by atoms with Gasteiger partial charge in [-0.2, -0.15) is 0 Å². The van der Waals surface area contributed by atoms with E-state index in [0.29, 0.717) is 17.1 Å². The molecule has 0 radical (unpaired) electrons. The largest absolute Gasteiger partial charge is 0.340 e. The van der Waals surface area contributed by atoms with E-state index in [9.17, 15) is 17.6 Å². The van der Waals surface area contributed by atoms with Crippen molar-refractivity contribution >= 4 is 38.9 Å². The summed E-state index contributed by atoms with van der Waals surface area (Å²) >= 11 is 5.72. The molecule has 9 heteroatoms. The Hall–Kier alpha value is -2.19. The number of anilines is 2. The number of pyridine rings is 1. The average molecular weight is 384 g/mol. The standard InChI is InChI=1S/C16H15ClFN3O3S/c17-13-9-12(2-3-14(13)18)20-15-4-1-11(10-19-15)16(22)21-5-7-25(23,24)8-6-21/h1-4,9-10H,5-8H2,(H,19,20). The number of amides is 1. The number of benzene rings is 1. The molecule has 25 heavy (non-hydrogen) atoms. The van der Waals surface area contributed by atoms with E-state index < -0.39 is 15.7 Å². The number of hydrogen-bond donors (Lipinski definition) is 1. The number of sulfone groups is 1. The number of nitrogens with one attached hydrogen (secondary N) is 1. The second kappa shape index (κ2) is 6.97. The van der Waals surface area contributed by atoms with E-state index in [1.165, 1.54) is 29.3 Å². The van der Waals surface area contributed by atoms with Crippen LogP contribution in [0.15, 0.2) is 36.5 Å². The van der Waals surface area contributed by atoms with Crippen molar-refractivity contribution in [1.29, 1.82) is 0 Å². The molecule has 132 valence electrons. The van der Waals surface area contributed by atoms with Gasteiger partial charge in [-0.05, 0) is 30.3 Å². The third kappa shape index (κ3) is 4.26. The second-order valence-electron chi connectivity index (χ2n) is 5.63. The predicted molar refractivity (Wildman–Crippen MR) is 93.5 cm³/mol. The summed E-state index contributed by atoms with van der Waals surface area (Å²) in [6.45, 7) is 0.379. The topological polar surface area (TPSA) is 79.4 Å². The van der Waals surface area contributed by atoms with E-state index in [1.54, 1.807) is 12.1 Å². The molecule has 6 nitrogen and oxygen atoms in total. The van der Waals surface area contributed by atoms with Crippen molar-refractivity contribution in [3.63, 3.8) is 0 Å². The van der Waals surface area contributed by atoms with Crippen LogP contribution >= 0.6 is 11.6 Å². The van der Waals surface area contributed by atoms with Crippen LogP contribution in [-0.2, 0) is 9.84 Å². The minimum absolute atomic E-state index is 0.00292. The summed E-state index contributed by atoms with van der Waals surface area (Å²) in [6.07, 6.45) is 1.42. The molecule has 0 aliphatic carbocycles. The van der Waals surface area contributed by atoms with Crippen molar-refractivity contribution in [1.82, 2.24) is 9.88 Å². The van der Waals surface area contributed by atoms with Gasteiger partial charge in [0.2, 0.25) is 0 Å². The van der Waals surface area contributed by atoms with E-state index in [0.717, 1.165) is 0 Å². The maximum atomic E-state index is 13.1. The third-order valence-electron chi connectivity index (χ3n) is 3.83. The van der Waals surface area contributed by atoms with Crippen LogP contribution in [0.3, 0.4) is 0 Å². The van der Waals surface area contributed by atoms with Gasteiger partial charge in [0.05, 0.1) is 22.1 Å². The van der Waals surface area contributed by atoms with Gasteiger partial charge < -0.3 is 10.2 Å². The summed E-state index contributed by atoms with van der Waals surface area (Å²) in [5.74, 6) is -0.322. The van der Waals surface area contributed by atoms with E-state index in [2.05, 4.69) is 10.3 Å². The first-order chi connectivity index (χ1) is 11.8. The Balaban J connectivity index is 1.67. The highest BCUT2D eigenvalue weighted by atomic mass is 35.5. The van der Waals surface area contributed by atoms with Gasteiger partial charge in [-0.25, -0.2) is 17.8 Å². The quantitative estimate of drug-likeness (QED) is 0.880. The molecule has 1 amide bonds. The lowest BCUT2D eigenvalue weighted by Crippen LogP contribution is -2.43. The van der Waals surface area contributed by atoms with Crippen molar-refractivity contribution < 1.29 is 17.6 Å². The van der Waals surface area contributed by atoms with Crippen molar-refractivity contribution in [3.05, 3.63) is 52.9 Å². The van der Waals surface area contributed by atoms with Crippen molar-refractivity contribution in [2.45, 2.75) is 0 Å². The minimum atomic E-state index is -3.04. The zero-order valence-corrected chi connectivity index (χ0v) is 14.6. The molecule has 2 aromatic rings. The number of nitrogens with zero attached hydrogens (tertiary/aromatic N) is 2. The third-order valence-corrected chi connectivity index (χ3v) is 5.73. The van der Waals surface area contributed by atoms with Gasteiger partial charge >= 0.3 is 0 Å². The maximum Gasteiger partial charge on any atom is 0.255 e. The normalized spacial score (nSPS) is 16.5. The van der Waals surface area contributed by atoms with E-state index in [-0.39, 0.29) is 35.5 Å². The van der Waals surface area contributed by atoms with E-state index in [1.807, 2.05) is 0 Å². The molecule has 0 saturated carbocycles. The Morgan fingerprint density at radius 3 is 2.52 bits per heavy atom. The Labute approximate surface area is 149 Å². The van der Waals surface area contributed by atoms with Crippen LogP contribution < -0.4 is 5.32 Å². The van der Waals surface area contributed by atoms with Gasteiger partial charge in [0.25, 0.3) is 5.91 Å². The lowest BCUT2D eigenvalue weighted by molar-refractivity contribution is 0.0770. The monoisotopic (exact) mass is 383 g/mol. The van der Waals surface area contributed by atoms with E-state index in [4.69, 9.17) is 11.6 Å². The summed E-state index contributed by atoms with van der Waals surface area (Å²) in [6, 6.07) is 7.42. The zero-order valence-electron chi connectivity index (χ0n) is 13.1. The first-order valence-corrected chi connectivity index (χ1v) is 9.72. The fourth-order valence-corrected chi connectivity index (χ4v) is 3.80. The Bertz CT molecular complexity index is 889. The van der Waals surface area contributed by atoms with Crippen molar-refractivity contribution in [2.75, 3.05) is 29.9 Å². The van der Waals surface area contributed by atoms with Gasteiger partial charge in [0, 0.05) is 25.0 Å². The smallest absolute Gasteiger partial charge is 0.255 e. The van der Waals surface area contributed by atoms with Crippen LogP contribution in [0.25, 0.3) is 0 Å². The van der Waals surface area contributed by atoms with Crippen LogP contribution in [0.4, 0.5) is 15.9 Å². The SMILES string of the molecule is O=C(c1ccc(Nc2ccc(F)c(Cl)c2)nc1)N1CCS(=O)(=O)CC1. The number of aromatic nitrogens is 1. The highest BCUT2D eigenvalue weighted by molar-refractivity contribution is 7.91. The molecular weight excluding hydrogens is 369 g/mol.